The number of esters is 1. The number of nitrogens with two attached hydrogens (primary N) is 1. The number of aryl methyl sites for hydroxylation is 1. The van der Waals surface area contributed by atoms with Crippen molar-refractivity contribution in [2.75, 3.05) is 23.9 Å². The summed E-state index contributed by atoms with van der Waals surface area (Å²) >= 11 is 0. The van der Waals surface area contributed by atoms with E-state index in [0.29, 0.717) is 19.6 Å². The number of carbonyl (C=O) groups is 1. The maximum Gasteiger partial charge on any atom is 0.332 e. The number of carbonyl (C=O) groups excluding carboxylic acids is 1. The van der Waals surface area contributed by atoms with Crippen molar-refractivity contribution in [3.63, 3.8) is 0 Å². The Kier molecular flexibility index (Phi) is 6.27. The first-order valence-electron chi connectivity index (χ1n) is 6.38. The van der Waals surface area contributed by atoms with Gasteiger partial charge in [0.1, 0.15) is 5.69 Å². The molecule has 21 heavy (non-hydrogen) atoms. The van der Waals surface area contributed by atoms with E-state index in [1.807, 2.05) is 0 Å². The van der Waals surface area contributed by atoms with E-state index in [2.05, 4.69) is 20.7 Å². The van der Waals surface area contributed by atoms with Crippen LogP contribution in [-0.4, -0.2) is 34.0 Å². The van der Waals surface area contributed by atoms with Gasteiger partial charge in [-0.2, -0.15) is 4.98 Å². The summed E-state index contributed by atoms with van der Waals surface area (Å²) in [5, 5.41) is 13.8. The molecular weight excluding hydrogens is 280 g/mol. The van der Waals surface area contributed by atoms with Crippen LogP contribution in [0.5, 0.6) is 0 Å². The van der Waals surface area contributed by atoms with Gasteiger partial charge in [0.05, 0.1) is 11.5 Å². The molecule has 0 spiro atoms. The summed E-state index contributed by atoms with van der Waals surface area (Å²) in [7, 11) is 0. The minimum absolute atomic E-state index is 0.0595. The van der Waals surface area contributed by atoms with E-state index in [-0.39, 0.29) is 35.5 Å². The molecule has 1 rings (SSSR count). The Hall–Kier alpha value is -2.49. The topological polar surface area (TPSA) is 145 Å². The van der Waals surface area contributed by atoms with Crippen molar-refractivity contribution < 1.29 is 14.5 Å². The van der Waals surface area contributed by atoms with Crippen LogP contribution in [0.3, 0.4) is 0 Å². The van der Waals surface area contributed by atoms with Crippen LogP contribution < -0.4 is 16.6 Å². The third-order valence-electron chi connectivity index (χ3n) is 2.53. The summed E-state index contributed by atoms with van der Waals surface area (Å²) in [6, 6.07) is 0. The Labute approximate surface area is 121 Å². The predicted octanol–water partition coefficient (Wildman–Crippen LogP) is 0.734. The summed E-state index contributed by atoms with van der Waals surface area (Å²) in [6.07, 6.45) is 0.686. The Balaban J connectivity index is 2.71. The summed E-state index contributed by atoms with van der Waals surface area (Å²) in [4.78, 5) is 29.4. The second-order valence-corrected chi connectivity index (χ2v) is 4.07. The molecular formula is C11H18N6O4. The monoisotopic (exact) mass is 298 g/mol. The largest absolute Gasteiger partial charge is 0.466 e. The zero-order valence-corrected chi connectivity index (χ0v) is 11.9. The fourth-order valence-corrected chi connectivity index (χ4v) is 1.65. The highest BCUT2D eigenvalue weighted by Crippen LogP contribution is 2.26. The zero-order valence-electron chi connectivity index (χ0n) is 11.9. The van der Waals surface area contributed by atoms with Gasteiger partial charge in [-0.3, -0.25) is 20.3 Å². The molecule has 0 fully saturated rings. The Bertz CT molecular complexity index is 522. The number of nitrogens with one attached hydrogen (secondary N) is 2. The van der Waals surface area contributed by atoms with Gasteiger partial charge in [-0.25, -0.2) is 10.8 Å². The molecule has 1 aromatic rings. The molecule has 0 saturated carbocycles. The van der Waals surface area contributed by atoms with Crippen LogP contribution in [0.2, 0.25) is 0 Å². The number of hydrogen-bond donors (Lipinski definition) is 3. The normalized spacial score (nSPS) is 10.0. The zero-order chi connectivity index (χ0) is 15.8. The van der Waals surface area contributed by atoms with Crippen LogP contribution in [0.25, 0.3) is 0 Å². The quantitative estimate of drug-likeness (QED) is 0.208. The molecule has 0 atom stereocenters. The van der Waals surface area contributed by atoms with Crippen LogP contribution in [0.4, 0.5) is 17.5 Å². The summed E-state index contributed by atoms with van der Waals surface area (Å²) in [5.41, 5.74) is 2.21. The number of nitrogens with zero attached hydrogens (tertiary/aromatic N) is 3. The Morgan fingerprint density at radius 1 is 1.48 bits per heavy atom. The number of aromatic nitrogens is 2. The summed E-state index contributed by atoms with van der Waals surface area (Å²) in [5.74, 6) is 5.03. The standard InChI is InChI=1S/C11H18N6O4/c1-3-21-8(18)5-4-6-13-10-9(17(19)20)7(2)14-11(15-10)16-12/h3-6,12H2,1-2H3,(H2,13,14,15,16). The molecule has 10 heteroatoms. The molecule has 0 unspecified atom stereocenters. The fourth-order valence-electron chi connectivity index (χ4n) is 1.65. The Morgan fingerprint density at radius 2 is 2.19 bits per heavy atom. The van der Waals surface area contributed by atoms with Gasteiger partial charge < -0.3 is 10.1 Å². The number of nitro groups is 1. The summed E-state index contributed by atoms with van der Waals surface area (Å²) < 4.78 is 4.78. The maximum atomic E-state index is 11.2. The highest BCUT2D eigenvalue weighted by atomic mass is 16.6. The molecule has 116 valence electrons. The van der Waals surface area contributed by atoms with Crippen LogP contribution in [-0.2, 0) is 9.53 Å². The SMILES string of the molecule is CCOC(=O)CCCNc1nc(NN)nc(C)c1[N+](=O)[O-]. The molecule has 1 aromatic heterocycles. The van der Waals surface area contributed by atoms with Crippen molar-refractivity contribution in [1.29, 1.82) is 0 Å². The van der Waals surface area contributed by atoms with E-state index in [1.54, 1.807) is 6.92 Å². The number of rotatable bonds is 8. The minimum Gasteiger partial charge on any atom is -0.466 e. The molecule has 0 radical (unpaired) electrons. The highest BCUT2D eigenvalue weighted by Gasteiger charge is 2.21. The third kappa shape index (κ3) is 4.84. The van der Waals surface area contributed by atoms with Crippen molar-refractivity contribution in [3.05, 3.63) is 15.8 Å². The maximum absolute atomic E-state index is 11.2. The first-order valence-corrected chi connectivity index (χ1v) is 6.38. The van der Waals surface area contributed by atoms with Gasteiger partial charge in [-0.1, -0.05) is 0 Å². The lowest BCUT2D eigenvalue weighted by Crippen LogP contribution is -2.15. The second-order valence-electron chi connectivity index (χ2n) is 4.07. The van der Waals surface area contributed by atoms with Gasteiger partial charge in [0, 0.05) is 13.0 Å². The molecule has 0 saturated heterocycles. The predicted molar refractivity (Wildman–Crippen MR) is 75.6 cm³/mol. The lowest BCUT2D eigenvalue weighted by atomic mass is 10.3. The molecule has 10 nitrogen and oxygen atoms in total. The Morgan fingerprint density at radius 3 is 2.76 bits per heavy atom. The van der Waals surface area contributed by atoms with Crippen molar-refractivity contribution in [2.45, 2.75) is 26.7 Å². The number of nitrogen functional groups attached to an aromatic ring is 1. The van der Waals surface area contributed by atoms with E-state index in [9.17, 15) is 14.9 Å². The molecule has 0 bridgehead atoms. The van der Waals surface area contributed by atoms with E-state index >= 15 is 0 Å². The van der Waals surface area contributed by atoms with Crippen LogP contribution >= 0.6 is 0 Å². The van der Waals surface area contributed by atoms with Crippen LogP contribution in [0.15, 0.2) is 0 Å². The van der Waals surface area contributed by atoms with Crippen molar-refractivity contribution in [1.82, 2.24) is 9.97 Å². The fraction of sp³-hybridized carbons (Fsp3) is 0.545. The van der Waals surface area contributed by atoms with Crippen LogP contribution in [0.1, 0.15) is 25.5 Å². The number of hydrogen-bond acceptors (Lipinski definition) is 9. The molecule has 0 aromatic carbocycles. The molecule has 1 heterocycles. The van der Waals surface area contributed by atoms with Gasteiger partial charge >= 0.3 is 11.7 Å². The van der Waals surface area contributed by atoms with Gasteiger partial charge in [-0.05, 0) is 20.3 Å². The lowest BCUT2D eigenvalue weighted by Gasteiger charge is -2.09. The minimum atomic E-state index is -0.566. The number of hydrazine groups is 1. The van der Waals surface area contributed by atoms with Gasteiger partial charge in [0.2, 0.25) is 11.8 Å². The lowest BCUT2D eigenvalue weighted by molar-refractivity contribution is -0.385. The second kappa shape index (κ2) is 7.94. The molecule has 0 amide bonds. The molecule has 0 aliphatic carbocycles. The van der Waals surface area contributed by atoms with E-state index in [4.69, 9.17) is 10.6 Å². The van der Waals surface area contributed by atoms with Gasteiger partial charge in [0.15, 0.2) is 0 Å². The first-order chi connectivity index (χ1) is 9.99. The number of anilines is 2. The number of ether oxygens (including phenoxy) is 1. The summed E-state index contributed by atoms with van der Waals surface area (Å²) in [6.45, 7) is 3.88. The average Bonchev–Trinajstić information content (AvgIpc) is 2.42. The first kappa shape index (κ1) is 16.6. The third-order valence-corrected chi connectivity index (χ3v) is 2.53. The highest BCUT2D eigenvalue weighted by molar-refractivity contribution is 5.69. The van der Waals surface area contributed by atoms with Crippen molar-refractivity contribution in [2.24, 2.45) is 5.84 Å². The van der Waals surface area contributed by atoms with E-state index in [0.717, 1.165) is 0 Å². The van der Waals surface area contributed by atoms with Crippen molar-refractivity contribution in [3.8, 4) is 0 Å². The van der Waals surface area contributed by atoms with Gasteiger partial charge in [-0.15, -0.1) is 0 Å². The average molecular weight is 298 g/mol. The van der Waals surface area contributed by atoms with Gasteiger partial charge in [0.25, 0.3) is 0 Å². The molecule has 0 aliphatic heterocycles. The van der Waals surface area contributed by atoms with E-state index in [1.165, 1.54) is 6.92 Å². The van der Waals surface area contributed by atoms with Crippen molar-refractivity contribution >= 4 is 23.4 Å². The molecule has 4 N–H and O–H groups in total. The van der Waals surface area contributed by atoms with Crippen LogP contribution in [0, 0.1) is 17.0 Å². The smallest absolute Gasteiger partial charge is 0.332 e. The molecule has 0 aliphatic rings. The van der Waals surface area contributed by atoms with E-state index < -0.39 is 4.92 Å².